The van der Waals surface area contributed by atoms with E-state index >= 15 is 0 Å². The zero-order valence-corrected chi connectivity index (χ0v) is 17.3. The van der Waals surface area contributed by atoms with Gasteiger partial charge in [0.15, 0.2) is 0 Å². The molecule has 1 fully saturated rings. The molecule has 2 aliphatic carbocycles. The van der Waals surface area contributed by atoms with E-state index in [1.165, 1.54) is 36.0 Å². The highest BCUT2D eigenvalue weighted by atomic mass is 15.0. The first-order chi connectivity index (χ1) is 13.3. The van der Waals surface area contributed by atoms with Crippen molar-refractivity contribution in [2.75, 3.05) is 0 Å². The minimum absolute atomic E-state index is 0.0686. The highest BCUT2D eigenvalue weighted by Crippen LogP contribution is 2.53. The van der Waals surface area contributed by atoms with Crippen LogP contribution in [0.2, 0.25) is 0 Å². The molecule has 2 unspecified atom stereocenters. The zero-order valence-electron chi connectivity index (χ0n) is 17.3. The Morgan fingerprint density at radius 3 is 2.43 bits per heavy atom. The van der Waals surface area contributed by atoms with Gasteiger partial charge in [0.05, 0.1) is 21.9 Å². The van der Waals surface area contributed by atoms with Crippen molar-refractivity contribution >= 4 is 27.6 Å². The molecule has 0 saturated heterocycles. The van der Waals surface area contributed by atoms with Gasteiger partial charge in [-0.25, -0.2) is 15.0 Å². The van der Waals surface area contributed by atoms with Gasteiger partial charge in [-0.3, -0.25) is 4.40 Å². The smallest absolute Gasteiger partial charge is 0.149 e. The molecule has 2 aliphatic rings. The topological polar surface area (TPSA) is 43.1 Å². The molecule has 0 amide bonds. The summed E-state index contributed by atoms with van der Waals surface area (Å²) in [4.78, 5) is 14.7. The van der Waals surface area contributed by atoms with Gasteiger partial charge in [-0.2, -0.15) is 0 Å². The number of hydrogen-bond acceptors (Lipinski definition) is 3. The molecule has 2 atom stereocenters. The first-order valence-electron chi connectivity index (χ1n) is 10.5. The molecule has 1 aromatic carbocycles. The molecular weight excluding hydrogens is 344 g/mol. The van der Waals surface area contributed by atoms with E-state index in [0.29, 0.717) is 0 Å². The average Bonchev–Trinajstić information content (AvgIpc) is 3.36. The van der Waals surface area contributed by atoms with E-state index in [0.717, 1.165) is 39.7 Å². The van der Waals surface area contributed by atoms with E-state index < -0.39 is 0 Å². The summed E-state index contributed by atoms with van der Waals surface area (Å²) in [6.45, 7) is 10.9. The van der Waals surface area contributed by atoms with Gasteiger partial charge < -0.3 is 0 Å². The van der Waals surface area contributed by atoms with Gasteiger partial charge in [0.1, 0.15) is 11.5 Å². The van der Waals surface area contributed by atoms with E-state index in [2.05, 4.69) is 51.2 Å². The Morgan fingerprint density at radius 2 is 1.71 bits per heavy atom. The van der Waals surface area contributed by atoms with Crippen LogP contribution in [0.4, 0.5) is 0 Å². The van der Waals surface area contributed by atoms with Crippen LogP contribution in [0.25, 0.3) is 27.6 Å². The van der Waals surface area contributed by atoms with Crippen LogP contribution in [-0.2, 0) is 5.41 Å². The molecule has 6 rings (SSSR count). The van der Waals surface area contributed by atoms with Crippen LogP contribution in [0, 0.1) is 13.8 Å². The first-order valence-corrected chi connectivity index (χ1v) is 10.5. The monoisotopic (exact) mass is 370 g/mol. The van der Waals surface area contributed by atoms with Gasteiger partial charge in [0.25, 0.3) is 0 Å². The second kappa shape index (κ2) is 5.11. The van der Waals surface area contributed by atoms with Crippen LogP contribution in [0.15, 0.2) is 18.3 Å². The predicted octanol–water partition coefficient (Wildman–Crippen LogP) is 5.71. The second-order valence-electron chi connectivity index (χ2n) is 9.86. The first kappa shape index (κ1) is 16.5. The second-order valence-corrected chi connectivity index (χ2v) is 9.86. The van der Waals surface area contributed by atoms with Crippen LogP contribution in [0.1, 0.15) is 80.1 Å². The minimum Gasteiger partial charge on any atom is -0.296 e. The molecule has 4 heteroatoms. The van der Waals surface area contributed by atoms with Gasteiger partial charge in [0, 0.05) is 17.3 Å². The number of pyridine rings is 1. The van der Waals surface area contributed by atoms with E-state index in [1.54, 1.807) is 11.1 Å². The highest BCUT2D eigenvalue weighted by molar-refractivity contribution is 5.98. The van der Waals surface area contributed by atoms with E-state index in [-0.39, 0.29) is 5.41 Å². The molecule has 3 aromatic heterocycles. The molecule has 4 aromatic rings. The number of aryl methyl sites for hydroxylation is 2. The van der Waals surface area contributed by atoms with Gasteiger partial charge in [-0.15, -0.1) is 0 Å². The Morgan fingerprint density at radius 1 is 1.00 bits per heavy atom. The third-order valence-electron chi connectivity index (χ3n) is 7.11. The summed E-state index contributed by atoms with van der Waals surface area (Å²) in [5, 5.41) is 1.05. The molecule has 4 nitrogen and oxygen atoms in total. The molecule has 0 N–H and O–H groups in total. The quantitative estimate of drug-likeness (QED) is 0.398. The van der Waals surface area contributed by atoms with Crippen molar-refractivity contribution < 1.29 is 0 Å². The third kappa shape index (κ3) is 1.98. The predicted molar refractivity (Wildman–Crippen MR) is 113 cm³/mol. The maximum atomic E-state index is 5.08. The van der Waals surface area contributed by atoms with Gasteiger partial charge >= 0.3 is 0 Å². The summed E-state index contributed by atoms with van der Waals surface area (Å²) < 4.78 is 2.33. The molecule has 2 bridgehead atoms. The van der Waals surface area contributed by atoms with E-state index in [1.807, 2.05) is 6.20 Å². The number of aromatic nitrogens is 4. The van der Waals surface area contributed by atoms with E-state index in [4.69, 9.17) is 15.0 Å². The Hall–Kier alpha value is -2.49. The van der Waals surface area contributed by atoms with Gasteiger partial charge in [-0.1, -0.05) is 20.8 Å². The van der Waals surface area contributed by atoms with Crippen molar-refractivity contribution in [2.45, 2.75) is 71.1 Å². The lowest BCUT2D eigenvalue weighted by molar-refractivity contribution is 0.548. The maximum Gasteiger partial charge on any atom is 0.149 e. The van der Waals surface area contributed by atoms with Crippen LogP contribution in [0.3, 0.4) is 0 Å². The number of hydrogen-bond donors (Lipinski definition) is 0. The molecule has 0 radical (unpaired) electrons. The van der Waals surface area contributed by atoms with Crippen molar-refractivity contribution in [1.29, 1.82) is 0 Å². The SMILES string of the molecule is Cc1c(C)n2c3cc4c(cc3nc2c2cnc(C(C)(C)C)nc12)C1CCC4C1. The van der Waals surface area contributed by atoms with Gasteiger partial charge in [-0.05, 0) is 73.8 Å². The lowest BCUT2D eigenvalue weighted by Crippen LogP contribution is -2.16. The molecule has 0 spiro atoms. The van der Waals surface area contributed by atoms with Crippen LogP contribution < -0.4 is 0 Å². The summed E-state index contributed by atoms with van der Waals surface area (Å²) in [6.07, 6.45) is 6.02. The molecule has 28 heavy (non-hydrogen) atoms. The fourth-order valence-corrected chi connectivity index (χ4v) is 5.46. The fourth-order valence-electron chi connectivity index (χ4n) is 5.46. The number of rotatable bonds is 0. The number of fused-ring (bicyclic) bond motifs is 10. The summed E-state index contributed by atoms with van der Waals surface area (Å²) in [5.41, 5.74) is 9.88. The zero-order chi connectivity index (χ0) is 19.4. The fraction of sp³-hybridized carbons (Fsp3) is 0.458. The molecule has 0 aliphatic heterocycles. The van der Waals surface area contributed by atoms with Gasteiger partial charge in [0.2, 0.25) is 0 Å². The summed E-state index contributed by atoms with van der Waals surface area (Å²) in [6, 6.07) is 4.80. The summed E-state index contributed by atoms with van der Waals surface area (Å²) in [7, 11) is 0. The molecule has 142 valence electrons. The van der Waals surface area contributed by atoms with Crippen molar-refractivity contribution in [1.82, 2.24) is 19.4 Å². The number of imidazole rings is 1. The van der Waals surface area contributed by atoms with Crippen LogP contribution >= 0.6 is 0 Å². The van der Waals surface area contributed by atoms with Crippen molar-refractivity contribution in [3.05, 3.63) is 46.5 Å². The summed E-state index contributed by atoms with van der Waals surface area (Å²) in [5.74, 6) is 2.40. The minimum atomic E-state index is -0.0686. The lowest BCUT2D eigenvalue weighted by atomic mass is 9.91. The van der Waals surface area contributed by atoms with Crippen LogP contribution in [0.5, 0.6) is 0 Å². The molecule has 1 saturated carbocycles. The normalized spacial score (nSPS) is 21.3. The Labute approximate surface area is 165 Å². The van der Waals surface area contributed by atoms with Crippen molar-refractivity contribution in [3.8, 4) is 0 Å². The largest absolute Gasteiger partial charge is 0.296 e. The van der Waals surface area contributed by atoms with Crippen molar-refractivity contribution in [3.63, 3.8) is 0 Å². The summed E-state index contributed by atoms with van der Waals surface area (Å²) >= 11 is 0. The lowest BCUT2D eigenvalue weighted by Gasteiger charge is -2.18. The van der Waals surface area contributed by atoms with E-state index in [9.17, 15) is 0 Å². The van der Waals surface area contributed by atoms with Crippen LogP contribution in [-0.4, -0.2) is 19.4 Å². The average molecular weight is 371 g/mol. The Bertz CT molecular complexity index is 1310. The van der Waals surface area contributed by atoms with Crippen molar-refractivity contribution in [2.24, 2.45) is 0 Å². The third-order valence-corrected chi connectivity index (χ3v) is 7.11. The number of benzene rings is 1. The standard InChI is InChI=1S/C24H26N4/c1-12-13(2)28-20-10-17-15-7-6-14(8-15)16(17)9-19(20)26-22(28)18-11-25-23(24(3,4)5)27-21(12)18/h9-11,14-15H,6-8H2,1-5H3. The Balaban J connectivity index is 1.72. The Kier molecular flexibility index (Phi) is 3.00. The molecule has 3 heterocycles. The maximum absolute atomic E-state index is 5.08. The number of nitrogens with zero attached hydrogens (tertiary/aromatic N) is 4. The molecular formula is C24H26N4. The highest BCUT2D eigenvalue weighted by Gasteiger charge is 2.37.